The minimum atomic E-state index is -3.90. The van der Waals surface area contributed by atoms with Crippen LogP contribution in [0.4, 0.5) is 0 Å². The summed E-state index contributed by atoms with van der Waals surface area (Å²) in [6, 6.07) is 0. The average molecular weight is 191 g/mol. The first-order chi connectivity index (χ1) is 5.40. The van der Waals surface area contributed by atoms with E-state index < -0.39 is 10.3 Å². The third-order valence-electron chi connectivity index (χ3n) is 1.28. The summed E-state index contributed by atoms with van der Waals surface area (Å²) in [5.41, 5.74) is 0.673. The Balaban J connectivity index is 4.72. The lowest BCUT2D eigenvalue weighted by atomic mass is 10.2. The minimum Gasteiger partial charge on any atom is -0.375 e. The van der Waals surface area contributed by atoms with Crippen molar-refractivity contribution in [2.75, 3.05) is 0 Å². The molecule has 70 valence electrons. The molecule has 0 saturated heterocycles. The van der Waals surface area contributed by atoms with Crippen LogP contribution in [0.2, 0.25) is 0 Å². The molecule has 4 nitrogen and oxygen atoms in total. The molecule has 0 aliphatic heterocycles. The second-order valence-corrected chi connectivity index (χ2v) is 3.39. The number of hydrogen-bond acceptors (Lipinski definition) is 3. The fraction of sp³-hybridized carbons (Fsp3) is 0.429. The summed E-state index contributed by atoms with van der Waals surface area (Å²) in [6.45, 7) is 6.96. The van der Waals surface area contributed by atoms with Crippen LogP contribution in [0.15, 0.2) is 24.0 Å². The zero-order chi connectivity index (χ0) is 9.78. The Morgan fingerprint density at radius 3 is 2.42 bits per heavy atom. The van der Waals surface area contributed by atoms with Crippen LogP contribution in [-0.2, 0) is 14.5 Å². The molecule has 2 N–H and O–H groups in total. The number of allylic oxidation sites excluding steroid dienone is 3. The lowest BCUT2D eigenvalue weighted by Gasteiger charge is -2.06. The highest BCUT2D eigenvalue weighted by atomic mass is 32.2. The van der Waals surface area contributed by atoms with E-state index in [1.54, 1.807) is 13.8 Å². The van der Waals surface area contributed by atoms with E-state index in [-0.39, 0.29) is 0 Å². The van der Waals surface area contributed by atoms with E-state index in [4.69, 9.17) is 0 Å². The predicted molar refractivity (Wildman–Crippen MR) is 47.4 cm³/mol. The van der Waals surface area contributed by atoms with Gasteiger partial charge in [0.2, 0.25) is 0 Å². The van der Waals surface area contributed by atoms with Gasteiger partial charge >= 0.3 is 10.3 Å². The largest absolute Gasteiger partial charge is 0.379 e. The lowest BCUT2D eigenvalue weighted by molar-refractivity contribution is 0.392. The van der Waals surface area contributed by atoms with Gasteiger partial charge in [0, 0.05) is 6.42 Å². The molecule has 0 aromatic rings. The molecule has 0 bridgehead atoms. The van der Waals surface area contributed by atoms with Gasteiger partial charge in [-0.3, -0.25) is 0 Å². The first-order valence-electron chi connectivity index (χ1n) is 3.45. The van der Waals surface area contributed by atoms with E-state index in [1.807, 2.05) is 0 Å². The van der Waals surface area contributed by atoms with Gasteiger partial charge in [-0.25, -0.2) is 0 Å². The summed E-state index contributed by atoms with van der Waals surface area (Å²) in [4.78, 5) is 0. The topological polar surface area (TPSA) is 69.4 Å². The molecule has 0 aromatic carbocycles. The van der Waals surface area contributed by atoms with Crippen LogP contribution in [-0.4, -0.2) is 8.42 Å². The third kappa shape index (κ3) is 4.15. The van der Waals surface area contributed by atoms with Crippen molar-refractivity contribution < 1.29 is 12.6 Å². The fourth-order valence-electron chi connectivity index (χ4n) is 0.658. The molecule has 0 fully saturated rings. The second-order valence-electron chi connectivity index (χ2n) is 2.24. The number of rotatable bonds is 4. The van der Waals surface area contributed by atoms with E-state index in [2.05, 4.69) is 15.9 Å². The maximum Gasteiger partial charge on any atom is 0.379 e. The first-order valence-corrected chi connectivity index (χ1v) is 4.92. The fourth-order valence-corrected chi connectivity index (χ4v) is 1.19. The Bertz CT molecular complexity index is 290. The van der Waals surface area contributed by atoms with Crippen LogP contribution in [0.3, 0.4) is 0 Å². The van der Waals surface area contributed by atoms with Gasteiger partial charge in [0.1, 0.15) is 5.76 Å². The van der Waals surface area contributed by atoms with Crippen LogP contribution in [0.25, 0.3) is 0 Å². The van der Waals surface area contributed by atoms with Gasteiger partial charge in [-0.2, -0.15) is 13.6 Å². The normalized spacial score (nSPS) is 13.6. The molecule has 0 amide bonds. The molecule has 0 rings (SSSR count). The smallest absolute Gasteiger partial charge is 0.375 e. The predicted octanol–water partition coefficient (Wildman–Crippen LogP) is 1.08. The molecule has 0 heterocycles. The van der Waals surface area contributed by atoms with Gasteiger partial charge in [-0.05, 0) is 12.5 Å². The Morgan fingerprint density at radius 1 is 1.67 bits per heavy atom. The average Bonchev–Trinajstić information content (AvgIpc) is 1.97. The molecule has 12 heavy (non-hydrogen) atoms. The van der Waals surface area contributed by atoms with Gasteiger partial charge in [-0.1, -0.05) is 19.6 Å². The van der Waals surface area contributed by atoms with Crippen molar-refractivity contribution >= 4 is 10.3 Å². The zero-order valence-electron chi connectivity index (χ0n) is 7.20. The van der Waals surface area contributed by atoms with Gasteiger partial charge in [0.05, 0.1) is 0 Å². The summed E-state index contributed by atoms with van der Waals surface area (Å²) < 4.78 is 25.5. The van der Waals surface area contributed by atoms with Crippen molar-refractivity contribution in [1.82, 2.24) is 0 Å². The van der Waals surface area contributed by atoms with Gasteiger partial charge in [0.15, 0.2) is 0 Å². The van der Waals surface area contributed by atoms with E-state index >= 15 is 0 Å². The molecule has 0 atom stereocenters. The van der Waals surface area contributed by atoms with E-state index in [1.165, 1.54) is 6.08 Å². The Kier molecular flexibility index (Phi) is 3.99. The van der Waals surface area contributed by atoms with E-state index in [9.17, 15) is 8.42 Å². The Morgan fingerprint density at radius 2 is 2.17 bits per heavy atom. The van der Waals surface area contributed by atoms with Gasteiger partial charge < -0.3 is 4.18 Å². The number of nitrogens with two attached hydrogens (primary N) is 1. The van der Waals surface area contributed by atoms with Crippen molar-refractivity contribution in [3.63, 3.8) is 0 Å². The molecule has 0 spiro atoms. The molecule has 0 saturated carbocycles. The molecule has 0 aliphatic rings. The van der Waals surface area contributed by atoms with Crippen LogP contribution in [0.1, 0.15) is 20.3 Å². The minimum absolute atomic E-state index is 0.326. The van der Waals surface area contributed by atoms with Crippen molar-refractivity contribution in [1.29, 1.82) is 0 Å². The highest BCUT2D eigenvalue weighted by Crippen LogP contribution is 2.12. The quantitative estimate of drug-likeness (QED) is 0.534. The summed E-state index contributed by atoms with van der Waals surface area (Å²) in [5, 5.41) is 4.69. The van der Waals surface area contributed by atoms with Gasteiger partial charge in [0.25, 0.3) is 0 Å². The zero-order valence-corrected chi connectivity index (χ0v) is 8.02. The van der Waals surface area contributed by atoms with E-state index in [0.29, 0.717) is 17.8 Å². The first kappa shape index (κ1) is 11.2. The molecule has 0 aromatic heterocycles. The van der Waals surface area contributed by atoms with E-state index in [0.717, 1.165) is 0 Å². The van der Waals surface area contributed by atoms with Crippen molar-refractivity contribution in [3.8, 4) is 0 Å². The molecular formula is C7H13NO3S. The summed E-state index contributed by atoms with van der Waals surface area (Å²) in [5.74, 6) is 0.326. The highest BCUT2D eigenvalue weighted by molar-refractivity contribution is 7.84. The molecule has 0 aliphatic carbocycles. The number of hydrogen-bond donors (Lipinski definition) is 1. The van der Waals surface area contributed by atoms with Crippen LogP contribution >= 0.6 is 0 Å². The highest BCUT2D eigenvalue weighted by Gasteiger charge is 2.07. The molecule has 0 radical (unpaired) electrons. The molecule has 5 heteroatoms. The summed E-state index contributed by atoms with van der Waals surface area (Å²) in [7, 11) is -3.90. The summed E-state index contributed by atoms with van der Waals surface area (Å²) >= 11 is 0. The van der Waals surface area contributed by atoms with Gasteiger partial charge in [-0.15, -0.1) is 0 Å². The molecule has 0 unspecified atom stereocenters. The van der Waals surface area contributed by atoms with Crippen molar-refractivity contribution in [2.24, 2.45) is 5.14 Å². The van der Waals surface area contributed by atoms with Crippen molar-refractivity contribution in [3.05, 3.63) is 24.0 Å². The van der Waals surface area contributed by atoms with Crippen molar-refractivity contribution in [2.45, 2.75) is 20.3 Å². The summed E-state index contributed by atoms with van der Waals surface area (Å²) in [6.07, 6.45) is 1.98. The monoisotopic (exact) mass is 191 g/mol. The van der Waals surface area contributed by atoms with Crippen LogP contribution < -0.4 is 5.14 Å². The maximum atomic E-state index is 10.5. The van der Waals surface area contributed by atoms with Crippen LogP contribution in [0.5, 0.6) is 0 Å². The third-order valence-corrected chi connectivity index (χ3v) is 1.72. The SMILES string of the molecule is C=C/C(C)=C(\CC)OS(N)(=O)=O. The second kappa shape index (κ2) is 4.27. The standard InChI is InChI=1S/C7H13NO3S/c1-4-6(3)7(5-2)11-12(8,9)10/h4H,1,5H2,2-3H3,(H2,8,9,10)/b7-6+. The maximum absolute atomic E-state index is 10.5. The Labute approximate surface area is 73.0 Å². The Hall–Kier alpha value is -0.810. The molecular weight excluding hydrogens is 178 g/mol. The van der Waals surface area contributed by atoms with Crippen LogP contribution in [0, 0.1) is 0 Å². The lowest BCUT2D eigenvalue weighted by Crippen LogP contribution is -2.15.